The van der Waals surface area contributed by atoms with Crippen molar-refractivity contribution >= 4 is 0 Å². The van der Waals surface area contributed by atoms with Crippen molar-refractivity contribution in [3.8, 4) is 0 Å². The molecule has 0 unspecified atom stereocenters. The Morgan fingerprint density at radius 3 is 2.53 bits per heavy atom. The lowest BCUT2D eigenvalue weighted by atomic mass is 10.1. The molecule has 0 heterocycles. The Morgan fingerprint density at radius 1 is 1.07 bits per heavy atom. The highest BCUT2D eigenvalue weighted by molar-refractivity contribution is 5.15. The molecular weight excluding hydrogens is 180 g/mol. The normalized spacial score (nSPS) is 9.40. The Hall–Kier alpha value is -1.26. The molecule has 0 bridgehead atoms. The summed E-state index contributed by atoms with van der Waals surface area (Å²) in [6, 6.07) is 10.6. The van der Waals surface area contributed by atoms with Crippen LogP contribution < -0.4 is 0 Å². The van der Waals surface area contributed by atoms with Gasteiger partial charge in [-0.25, -0.2) is 0 Å². The molecule has 1 aromatic carbocycles. The lowest BCUT2D eigenvalue weighted by molar-refractivity contribution is 0.815. The lowest BCUT2D eigenvalue weighted by Gasteiger charge is -1.94. The van der Waals surface area contributed by atoms with E-state index in [0.29, 0.717) is 0 Å². The van der Waals surface area contributed by atoms with Crippen molar-refractivity contribution in [3.63, 3.8) is 0 Å². The minimum absolute atomic E-state index is 1.09. The highest BCUT2D eigenvalue weighted by atomic mass is 13.9. The molecule has 80 valence electrons. The van der Waals surface area contributed by atoms with Crippen molar-refractivity contribution in [2.45, 2.75) is 39.0 Å². The Labute approximate surface area is 93.3 Å². The molecule has 0 saturated heterocycles. The van der Waals surface area contributed by atoms with Crippen LogP contribution in [0.4, 0.5) is 0 Å². The van der Waals surface area contributed by atoms with Gasteiger partial charge in [-0.15, -0.1) is 5.73 Å². The second-order valence-corrected chi connectivity index (χ2v) is 3.74. The topological polar surface area (TPSA) is 0 Å². The Balaban J connectivity index is 2.19. The number of rotatable bonds is 6. The minimum atomic E-state index is 1.09. The van der Waals surface area contributed by atoms with Crippen LogP contribution in [-0.2, 0) is 6.42 Å². The van der Waals surface area contributed by atoms with Crippen LogP contribution in [-0.4, -0.2) is 0 Å². The molecule has 1 rings (SSSR count). The van der Waals surface area contributed by atoms with Crippen molar-refractivity contribution in [3.05, 3.63) is 53.8 Å². The molecule has 0 N–H and O–H groups in total. The number of allylic oxidation sites excluding steroid dienone is 1. The van der Waals surface area contributed by atoms with Crippen LogP contribution in [0.1, 0.15) is 38.2 Å². The van der Waals surface area contributed by atoms with Crippen LogP contribution in [0, 0.1) is 0 Å². The van der Waals surface area contributed by atoms with Crippen molar-refractivity contribution in [1.82, 2.24) is 0 Å². The zero-order valence-corrected chi connectivity index (χ0v) is 9.58. The zero-order valence-electron chi connectivity index (χ0n) is 9.58. The van der Waals surface area contributed by atoms with E-state index in [9.17, 15) is 0 Å². The summed E-state index contributed by atoms with van der Waals surface area (Å²) in [7, 11) is 0. The fourth-order valence-corrected chi connectivity index (χ4v) is 1.44. The first kappa shape index (κ1) is 11.8. The van der Waals surface area contributed by atoms with Crippen LogP contribution in [0.5, 0.6) is 0 Å². The number of benzene rings is 1. The van der Waals surface area contributed by atoms with Crippen molar-refractivity contribution in [2.24, 2.45) is 0 Å². The molecule has 0 amide bonds. The van der Waals surface area contributed by atoms with Gasteiger partial charge < -0.3 is 0 Å². The van der Waals surface area contributed by atoms with Gasteiger partial charge in [-0.1, -0.05) is 43.7 Å². The molecule has 0 saturated carbocycles. The second kappa shape index (κ2) is 8.08. The van der Waals surface area contributed by atoms with E-state index in [-0.39, 0.29) is 0 Å². The molecule has 0 aromatic heterocycles. The molecule has 0 heteroatoms. The fourth-order valence-electron chi connectivity index (χ4n) is 1.44. The van der Waals surface area contributed by atoms with Crippen LogP contribution in [0.2, 0.25) is 0 Å². The van der Waals surface area contributed by atoms with Crippen LogP contribution >= 0.6 is 0 Å². The molecule has 15 heavy (non-hydrogen) atoms. The summed E-state index contributed by atoms with van der Waals surface area (Å²) in [5.41, 5.74) is 4.65. The van der Waals surface area contributed by atoms with E-state index in [2.05, 4.69) is 55.1 Å². The van der Waals surface area contributed by atoms with E-state index < -0.39 is 0 Å². The van der Waals surface area contributed by atoms with Crippen LogP contribution in [0.15, 0.2) is 48.2 Å². The maximum Gasteiger partial charge on any atom is -0.0234 e. The maximum atomic E-state index is 3.24. The van der Waals surface area contributed by atoms with E-state index in [4.69, 9.17) is 0 Å². The molecule has 0 aliphatic heterocycles. The summed E-state index contributed by atoms with van der Waals surface area (Å²) in [6.07, 6.45) is 10.2. The number of unbranched alkanes of at least 4 members (excludes halogenated alkanes) is 2. The Kier molecular flexibility index (Phi) is 6.36. The molecular formula is C15H20. The third-order valence-electron chi connectivity index (χ3n) is 2.36. The van der Waals surface area contributed by atoms with Gasteiger partial charge in [0.2, 0.25) is 0 Å². The first-order chi connectivity index (χ1) is 7.43. The quantitative estimate of drug-likeness (QED) is 0.468. The smallest absolute Gasteiger partial charge is 0.0234 e. The first-order valence-corrected chi connectivity index (χ1v) is 5.87. The number of hydrogen-bond acceptors (Lipinski definition) is 0. The van der Waals surface area contributed by atoms with E-state index in [1.54, 1.807) is 0 Å². The molecule has 0 spiro atoms. The largest absolute Gasteiger partial charge is 0.130 e. The van der Waals surface area contributed by atoms with Gasteiger partial charge in [-0.3, -0.25) is 0 Å². The summed E-state index contributed by atoms with van der Waals surface area (Å²) in [6.45, 7) is 2.22. The van der Waals surface area contributed by atoms with Crippen LogP contribution in [0.25, 0.3) is 0 Å². The van der Waals surface area contributed by atoms with E-state index in [1.807, 2.05) is 0 Å². The van der Waals surface area contributed by atoms with Gasteiger partial charge in [-0.05, 0) is 43.4 Å². The lowest BCUT2D eigenvalue weighted by Crippen LogP contribution is -1.80. The third kappa shape index (κ3) is 5.93. The van der Waals surface area contributed by atoms with Gasteiger partial charge in [0.1, 0.15) is 0 Å². The summed E-state index contributed by atoms with van der Waals surface area (Å²) < 4.78 is 0. The van der Waals surface area contributed by atoms with E-state index in [0.717, 1.165) is 12.8 Å². The Morgan fingerprint density at radius 2 is 1.80 bits per heavy atom. The van der Waals surface area contributed by atoms with Gasteiger partial charge >= 0.3 is 0 Å². The second-order valence-electron chi connectivity index (χ2n) is 3.74. The van der Waals surface area contributed by atoms with Crippen molar-refractivity contribution in [2.75, 3.05) is 0 Å². The Bertz CT molecular complexity index is 302. The van der Waals surface area contributed by atoms with E-state index >= 15 is 0 Å². The molecule has 0 aliphatic rings. The average molecular weight is 200 g/mol. The summed E-state index contributed by atoms with van der Waals surface area (Å²) >= 11 is 0. The standard InChI is InChI=1S/C15H20/c1-2-3-4-5-6-7-9-12-15-13-10-8-11-14-15/h5,7-8,10-11,13-14H,2-4,9,12H2,1H3. The summed E-state index contributed by atoms with van der Waals surface area (Å²) in [5, 5.41) is 0. The molecule has 1 aromatic rings. The van der Waals surface area contributed by atoms with Crippen LogP contribution in [0.3, 0.4) is 0 Å². The monoisotopic (exact) mass is 200 g/mol. The van der Waals surface area contributed by atoms with E-state index in [1.165, 1.54) is 24.8 Å². The molecule has 0 radical (unpaired) electrons. The minimum Gasteiger partial charge on any atom is -0.130 e. The number of aryl methyl sites for hydroxylation is 1. The molecule has 0 atom stereocenters. The zero-order chi connectivity index (χ0) is 10.8. The van der Waals surface area contributed by atoms with Gasteiger partial charge in [0.25, 0.3) is 0 Å². The fraction of sp³-hybridized carbons (Fsp3) is 0.400. The predicted molar refractivity (Wildman–Crippen MR) is 66.9 cm³/mol. The maximum absolute atomic E-state index is 3.24. The number of hydrogen-bond donors (Lipinski definition) is 0. The summed E-state index contributed by atoms with van der Waals surface area (Å²) in [5.74, 6) is 0. The van der Waals surface area contributed by atoms with Gasteiger partial charge in [0, 0.05) is 0 Å². The third-order valence-corrected chi connectivity index (χ3v) is 2.36. The molecule has 0 nitrogen and oxygen atoms in total. The van der Waals surface area contributed by atoms with Gasteiger partial charge in [-0.2, -0.15) is 0 Å². The summed E-state index contributed by atoms with van der Waals surface area (Å²) in [4.78, 5) is 0. The average Bonchev–Trinajstić information content (AvgIpc) is 2.29. The van der Waals surface area contributed by atoms with Gasteiger partial charge in [0.15, 0.2) is 0 Å². The molecule has 0 aliphatic carbocycles. The predicted octanol–water partition coefficient (Wildman–Crippen LogP) is 4.52. The van der Waals surface area contributed by atoms with Crippen molar-refractivity contribution in [1.29, 1.82) is 0 Å². The highest BCUT2D eigenvalue weighted by Gasteiger charge is 1.86. The van der Waals surface area contributed by atoms with Gasteiger partial charge in [0.05, 0.1) is 0 Å². The SMILES string of the molecule is CCCCC=C=CCCc1ccccc1. The van der Waals surface area contributed by atoms with Crippen molar-refractivity contribution < 1.29 is 0 Å². The first-order valence-electron chi connectivity index (χ1n) is 5.87. The highest BCUT2D eigenvalue weighted by Crippen LogP contribution is 2.02. The molecule has 0 fully saturated rings.